The van der Waals surface area contributed by atoms with Crippen LogP contribution in [0.3, 0.4) is 0 Å². The maximum atomic E-state index is 14.2. The first-order chi connectivity index (χ1) is 18.8. The largest absolute Gasteiger partial charge is 0.490 e. The van der Waals surface area contributed by atoms with E-state index >= 15 is 0 Å². The number of piperidine rings is 2. The van der Waals surface area contributed by atoms with E-state index in [4.69, 9.17) is 4.74 Å². The van der Waals surface area contributed by atoms with E-state index in [9.17, 15) is 41.4 Å². The van der Waals surface area contributed by atoms with Gasteiger partial charge in [0, 0.05) is 18.0 Å². The second-order valence-corrected chi connectivity index (χ2v) is 11.5. The maximum absolute atomic E-state index is 14.2. The van der Waals surface area contributed by atoms with Gasteiger partial charge in [-0.15, -0.1) is 0 Å². The molecule has 2 N–H and O–H groups in total. The molecule has 1 aliphatic carbocycles. The van der Waals surface area contributed by atoms with E-state index in [0.29, 0.717) is 18.4 Å². The summed E-state index contributed by atoms with van der Waals surface area (Å²) in [7, 11) is 0. The second kappa shape index (κ2) is 11.0. The highest BCUT2D eigenvalue weighted by atomic mass is 19.4. The van der Waals surface area contributed by atoms with Gasteiger partial charge >= 0.3 is 12.4 Å². The molecule has 3 fully saturated rings. The molecule has 5 nitrogen and oxygen atoms in total. The SMILES string of the molecule is O=C(Cc1ccc2c(C(F)(F)F)c(OC3CCC(C(F)(F)F)CC3)ccc2c1)N1C2CCCC1CC(C(O)O)C2. The molecule has 40 heavy (non-hydrogen) atoms. The lowest BCUT2D eigenvalue weighted by Gasteiger charge is -2.49. The van der Waals surface area contributed by atoms with Crippen LogP contribution in [0, 0.1) is 11.8 Å². The average Bonchev–Trinajstić information content (AvgIpc) is 2.86. The van der Waals surface area contributed by atoms with Crippen LogP contribution in [-0.4, -0.2) is 51.7 Å². The van der Waals surface area contributed by atoms with Crippen molar-refractivity contribution in [1.29, 1.82) is 0 Å². The van der Waals surface area contributed by atoms with Crippen molar-refractivity contribution in [3.8, 4) is 5.75 Å². The Bertz CT molecular complexity index is 1210. The molecule has 3 aliphatic rings. The van der Waals surface area contributed by atoms with E-state index in [2.05, 4.69) is 0 Å². The highest BCUT2D eigenvalue weighted by Crippen LogP contribution is 2.44. The number of aliphatic hydroxyl groups excluding tert-OH is 1. The molecule has 220 valence electrons. The number of amides is 1. The summed E-state index contributed by atoms with van der Waals surface area (Å²) < 4.78 is 87.2. The van der Waals surface area contributed by atoms with E-state index in [1.165, 1.54) is 24.3 Å². The Labute approximate surface area is 228 Å². The number of benzene rings is 2. The molecule has 2 aromatic carbocycles. The standard InChI is InChI=1S/C29H33F6NO4/c30-28(31,32)19-6-8-22(9-7-19)40-24-11-5-17-12-16(4-10-23(17)26(24)29(33,34)35)13-25(37)36-20-2-1-3-21(36)15-18(14-20)27(38)39/h4-5,10-12,18-22,27,38-39H,1-3,6-9,13-15H2. The first-order valence-corrected chi connectivity index (χ1v) is 13.8. The van der Waals surface area contributed by atoms with Crippen LogP contribution in [0.25, 0.3) is 10.8 Å². The summed E-state index contributed by atoms with van der Waals surface area (Å²) in [6, 6.07) is 6.89. The molecule has 2 bridgehead atoms. The third kappa shape index (κ3) is 6.05. The van der Waals surface area contributed by atoms with Crippen molar-refractivity contribution < 1.29 is 46.1 Å². The van der Waals surface area contributed by atoms with E-state index in [-0.39, 0.29) is 66.8 Å². The monoisotopic (exact) mass is 573 g/mol. The quantitative estimate of drug-likeness (QED) is 0.322. The lowest BCUT2D eigenvalue weighted by molar-refractivity contribution is -0.185. The van der Waals surface area contributed by atoms with E-state index in [0.717, 1.165) is 19.3 Å². The van der Waals surface area contributed by atoms with Crippen molar-refractivity contribution >= 4 is 16.7 Å². The van der Waals surface area contributed by atoms with Crippen LogP contribution < -0.4 is 4.74 Å². The second-order valence-electron chi connectivity index (χ2n) is 11.5. The fraction of sp³-hybridized carbons (Fsp3) is 0.621. The molecule has 11 heteroatoms. The van der Waals surface area contributed by atoms with Crippen molar-refractivity contribution in [2.45, 2.75) is 101 Å². The zero-order valence-electron chi connectivity index (χ0n) is 21.8. The van der Waals surface area contributed by atoms with Crippen LogP contribution in [-0.2, 0) is 17.4 Å². The van der Waals surface area contributed by atoms with Crippen LogP contribution in [0.5, 0.6) is 5.75 Å². The van der Waals surface area contributed by atoms with Crippen LogP contribution in [0.4, 0.5) is 26.3 Å². The van der Waals surface area contributed by atoms with Gasteiger partial charge in [0.25, 0.3) is 0 Å². The number of aliphatic hydroxyl groups is 2. The summed E-state index contributed by atoms with van der Waals surface area (Å²) in [6.07, 6.45) is -8.01. The van der Waals surface area contributed by atoms with Gasteiger partial charge < -0.3 is 19.8 Å². The number of carbonyl (C=O) groups excluding carboxylic acids is 1. The zero-order valence-corrected chi connectivity index (χ0v) is 21.8. The molecule has 2 heterocycles. The van der Waals surface area contributed by atoms with Gasteiger partial charge in [0.1, 0.15) is 11.3 Å². The molecule has 1 saturated carbocycles. The zero-order chi connectivity index (χ0) is 28.8. The number of ether oxygens (including phenoxy) is 1. The molecule has 5 rings (SSSR count). The van der Waals surface area contributed by atoms with Gasteiger partial charge in [-0.05, 0) is 80.2 Å². The molecule has 0 aromatic heterocycles. The Morgan fingerprint density at radius 3 is 2.15 bits per heavy atom. The molecule has 2 aliphatic heterocycles. The predicted molar refractivity (Wildman–Crippen MR) is 134 cm³/mol. The van der Waals surface area contributed by atoms with Gasteiger partial charge in [0.15, 0.2) is 6.29 Å². The first kappa shape index (κ1) is 29.0. The summed E-state index contributed by atoms with van der Waals surface area (Å²) in [6.45, 7) is 0. The third-order valence-corrected chi connectivity index (χ3v) is 8.84. The molecule has 2 unspecified atom stereocenters. The number of carbonyl (C=O) groups is 1. The van der Waals surface area contributed by atoms with Crippen molar-refractivity contribution in [3.05, 3.63) is 41.5 Å². The summed E-state index contributed by atoms with van der Waals surface area (Å²) in [4.78, 5) is 15.1. The van der Waals surface area contributed by atoms with Crippen LogP contribution in [0.2, 0.25) is 0 Å². The number of fused-ring (bicyclic) bond motifs is 3. The smallest absolute Gasteiger partial charge is 0.420 e. The Kier molecular flexibility index (Phi) is 8.00. The topological polar surface area (TPSA) is 70.0 Å². The molecule has 2 atom stereocenters. The van der Waals surface area contributed by atoms with Crippen molar-refractivity contribution in [1.82, 2.24) is 4.90 Å². The van der Waals surface area contributed by atoms with Gasteiger partial charge in [-0.1, -0.05) is 24.3 Å². The van der Waals surface area contributed by atoms with Crippen LogP contribution in [0.15, 0.2) is 30.3 Å². The summed E-state index contributed by atoms with van der Waals surface area (Å²) >= 11 is 0. The van der Waals surface area contributed by atoms with Crippen molar-refractivity contribution in [3.63, 3.8) is 0 Å². The molecule has 1 amide bonds. The van der Waals surface area contributed by atoms with Gasteiger partial charge in [0.2, 0.25) is 5.91 Å². The van der Waals surface area contributed by atoms with Crippen molar-refractivity contribution in [2.75, 3.05) is 0 Å². The van der Waals surface area contributed by atoms with Gasteiger partial charge in [-0.3, -0.25) is 4.79 Å². The number of hydrogen-bond donors (Lipinski definition) is 2. The highest BCUT2D eigenvalue weighted by Gasteiger charge is 2.44. The molecular weight excluding hydrogens is 540 g/mol. The van der Waals surface area contributed by atoms with Gasteiger partial charge in [-0.25, -0.2) is 0 Å². The number of rotatable bonds is 5. The highest BCUT2D eigenvalue weighted by molar-refractivity contribution is 5.90. The summed E-state index contributed by atoms with van der Waals surface area (Å²) in [5.41, 5.74) is -0.410. The minimum atomic E-state index is -4.76. The van der Waals surface area contributed by atoms with Crippen molar-refractivity contribution in [2.24, 2.45) is 11.8 Å². The molecule has 2 aromatic rings. The molecular formula is C29H33F6NO4. The fourth-order valence-corrected chi connectivity index (χ4v) is 6.89. The number of nitrogens with zero attached hydrogens (tertiary/aromatic N) is 1. The van der Waals surface area contributed by atoms with E-state index in [1.54, 1.807) is 6.07 Å². The minimum Gasteiger partial charge on any atom is -0.490 e. The first-order valence-electron chi connectivity index (χ1n) is 13.8. The number of halogens is 6. The minimum absolute atomic E-state index is 0.0112. The number of hydrogen-bond acceptors (Lipinski definition) is 4. The van der Waals surface area contributed by atoms with E-state index < -0.39 is 42.0 Å². The van der Waals surface area contributed by atoms with Crippen LogP contribution in [0.1, 0.15) is 68.9 Å². The normalized spacial score (nSPS) is 27.7. The summed E-state index contributed by atoms with van der Waals surface area (Å²) in [5.74, 6) is -2.28. The fourth-order valence-electron chi connectivity index (χ4n) is 6.89. The van der Waals surface area contributed by atoms with E-state index in [1.807, 2.05) is 4.90 Å². The Hall–Kier alpha value is -2.53. The number of alkyl halides is 6. The lowest BCUT2D eigenvalue weighted by atomic mass is 9.77. The molecule has 0 spiro atoms. The lowest BCUT2D eigenvalue weighted by Crippen LogP contribution is -2.56. The Morgan fingerprint density at radius 2 is 1.57 bits per heavy atom. The summed E-state index contributed by atoms with van der Waals surface area (Å²) in [5, 5.41) is 19.5. The van der Waals surface area contributed by atoms with Gasteiger partial charge in [-0.2, -0.15) is 26.3 Å². The third-order valence-electron chi connectivity index (χ3n) is 8.84. The molecule has 2 saturated heterocycles. The van der Waals surface area contributed by atoms with Gasteiger partial charge in [0.05, 0.1) is 18.4 Å². The Morgan fingerprint density at radius 1 is 0.925 bits per heavy atom. The average molecular weight is 574 g/mol. The predicted octanol–water partition coefficient (Wildman–Crippen LogP) is 6.37. The maximum Gasteiger partial charge on any atom is 0.420 e. The molecule has 0 radical (unpaired) electrons. The van der Waals surface area contributed by atoms with Crippen LogP contribution >= 0.6 is 0 Å². The Balaban J connectivity index is 1.33.